The van der Waals surface area contributed by atoms with Gasteiger partial charge >= 0.3 is 0 Å². The highest BCUT2D eigenvalue weighted by Gasteiger charge is 2.28. The maximum atomic E-state index is 12.4. The maximum Gasteiger partial charge on any atom is 0.223 e. The van der Waals surface area contributed by atoms with E-state index in [9.17, 15) is 4.79 Å². The molecule has 138 valence electrons. The van der Waals surface area contributed by atoms with Gasteiger partial charge < -0.3 is 19.0 Å². The van der Waals surface area contributed by atoms with Crippen LogP contribution in [0.4, 0.5) is 5.82 Å². The van der Waals surface area contributed by atoms with Gasteiger partial charge in [0.25, 0.3) is 0 Å². The summed E-state index contributed by atoms with van der Waals surface area (Å²) in [5.74, 6) is 1.96. The highest BCUT2D eigenvalue weighted by Crippen LogP contribution is 2.30. The van der Waals surface area contributed by atoms with E-state index in [-0.39, 0.29) is 12.0 Å². The van der Waals surface area contributed by atoms with E-state index >= 15 is 0 Å². The minimum Gasteiger partial charge on any atom is -0.485 e. The summed E-state index contributed by atoms with van der Waals surface area (Å²) in [6.07, 6.45) is 9.72. The first kappa shape index (κ1) is 16.9. The van der Waals surface area contributed by atoms with Crippen LogP contribution in [0, 0.1) is 0 Å². The average Bonchev–Trinajstić information content (AvgIpc) is 3.42. The van der Waals surface area contributed by atoms with Crippen molar-refractivity contribution in [2.24, 2.45) is 0 Å². The number of carbonyl (C=O) groups excluding carboxylic acids is 1. The molecule has 0 radical (unpaired) electrons. The quantitative estimate of drug-likeness (QED) is 0.797. The fraction of sp³-hybridized carbons (Fsp3) is 0.500. The molecule has 6 heteroatoms. The lowest BCUT2D eigenvalue weighted by atomic mass is 10.2. The number of ether oxygens (including phenoxy) is 1. The molecule has 0 saturated carbocycles. The van der Waals surface area contributed by atoms with Crippen LogP contribution in [0.25, 0.3) is 0 Å². The number of hydrogen-bond acceptors (Lipinski definition) is 5. The molecule has 0 spiro atoms. The van der Waals surface area contributed by atoms with Gasteiger partial charge in [-0.05, 0) is 43.0 Å². The van der Waals surface area contributed by atoms with Crippen molar-refractivity contribution in [3.05, 3.63) is 42.5 Å². The first-order valence-corrected chi connectivity index (χ1v) is 9.45. The number of anilines is 1. The zero-order chi connectivity index (χ0) is 17.8. The summed E-state index contributed by atoms with van der Waals surface area (Å²) in [5.41, 5.74) is 1.07. The molecule has 2 aliphatic heterocycles. The van der Waals surface area contributed by atoms with Gasteiger partial charge in [-0.1, -0.05) is 0 Å². The summed E-state index contributed by atoms with van der Waals surface area (Å²) < 4.78 is 11.3. The topological polar surface area (TPSA) is 58.8 Å². The van der Waals surface area contributed by atoms with E-state index in [4.69, 9.17) is 9.15 Å². The van der Waals surface area contributed by atoms with Gasteiger partial charge in [-0.3, -0.25) is 4.79 Å². The lowest BCUT2D eigenvalue weighted by Gasteiger charge is -2.22. The Morgan fingerprint density at radius 2 is 2.15 bits per heavy atom. The van der Waals surface area contributed by atoms with E-state index in [2.05, 4.69) is 9.88 Å². The van der Waals surface area contributed by atoms with Crippen LogP contribution < -0.4 is 9.64 Å². The Hall–Kier alpha value is -2.50. The molecule has 2 saturated heterocycles. The van der Waals surface area contributed by atoms with Crippen LogP contribution in [0.2, 0.25) is 0 Å². The third kappa shape index (κ3) is 3.84. The predicted octanol–water partition coefficient (Wildman–Crippen LogP) is 2.89. The third-order valence-electron chi connectivity index (χ3n) is 5.16. The molecule has 4 heterocycles. The van der Waals surface area contributed by atoms with Crippen molar-refractivity contribution < 1.29 is 13.9 Å². The smallest absolute Gasteiger partial charge is 0.223 e. The van der Waals surface area contributed by atoms with Gasteiger partial charge in [-0.2, -0.15) is 0 Å². The van der Waals surface area contributed by atoms with Gasteiger partial charge in [0.1, 0.15) is 6.10 Å². The fourth-order valence-corrected chi connectivity index (χ4v) is 3.72. The van der Waals surface area contributed by atoms with Crippen LogP contribution in [0.5, 0.6) is 5.75 Å². The van der Waals surface area contributed by atoms with Crippen molar-refractivity contribution in [3.8, 4) is 5.75 Å². The van der Waals surface area contributed by atoms with E-state index in [0.29, 0.717) is 13.0 Å². The summed E-state index contributed by atoms with van der Waals surface area (Å²) in [4.78, 5) is 21.2. The van der Waals surface area contributed by atoms with E-state index in [0.717, 1.165) is 49.6 Å². The maximum absolute atomic E-state index is 12.4. The number of nitrogens with zero attached hydrogens (tertiary/aromatic N) is 3. The van der Waals surface area contributed by atoms with Crippen LogP contribution in [0.1, 0.15) is 31.2 Å². The number of rotatable bonds is 6. The van der Waals surface area contributed by atoms with E-state index in [1.807, 2.05) is 29.3 Å². The lowest BCUT2D eigenvalue weighted by molar-refractivity contribution is -0.130. The van der Waals surface area contributed by atoms with Crippen LogP contribution in [-0.4, -0.2) is 48.1 Å². The van der Waals surface area contributed by atoms with E-state index in [1.165, 1.54) is 12.8 Å². The number of hydrogen-bond donors (Lipinski definition) is 0. The Labute approximate surface area is 153 Å². The molecule has 2 aliphatic rings. The molecule has 26 heavy (non-hydrogen) atoms. The lowest BCUT2D eigenvalue weighted by Crippen LogP contribution is -2.31. The molecule has 2 aromatic heterocycles. The molecule has 0 aliphatic carbocycles. The Balaban J connectivity index is 1.32. The van der Waals surface area contributed by atoms with Crippen molar-refractivity contribution in [2.45, 2.75) is 38.2 Å². The minimum atomic E-state index is 0.0402. The third-order valence-corrected chi connectivity index (χ3v) is 5.16. The second-order valence-corrected chi connectivity index (χ2v) is 7.02. The first-order valence-electron chi connectivity index (χ1n) is 9.45. The Morgan fingerprint density at radius 3 is 2.96 bits per heavy atom. The van der Waals surface area contributed by atoms with Gasteiger partial charge in [0.15, 0.2) is 11.6 Å². The Bertz CT molecular complexity index is 726. The second kappa shape index (κ2) is 7.81. The molecular formula is C20H25N3O3. The average molecular weight is 355 g/mol. The molecule has 4 rings (SSSR count). The van der Waals surface area contributed by atoms with Gasteiger partial charge in [-0.25, -0.2) is 4.98 Å². The first-order chi connectivity index (χ1) is 12.8. The van der Waals surface area contributed by atoms with Gasteiger partial charge in [0, 0.05) is 38.7 Å². The number of furan rings is 1. The molecule has 1 unspecified atom stereocenters. The van der Waals surface area contributed by atoms with Gasteiger partial charge in [0.2, 0.25) is 5.91 Å². The number of pyridine rings is 1. The zero-order valence-corrected chi connectivity index (χ0v) is 15.0. The van der Waals surface area contributed by atoms with Crippen LogP contribution in [0.3, 0.4) is 0 Å². The number of likely N-dealkylation sites (tertiary alicyclic amines) is 1. The molecule has 2 aromatic rings. The molecule has 1 atom stereocenters. The molecule has 1 amide bonds. The Kier molecular flexibility index (Phi) is 5.09. The second-order valence-electron chi connectivity index (χ2n) is 7.02. The summed E-state index contributed by atoms with van der Waals surface area (Å²) in [6, 6.07) is 5.81. The molecule has 0 aromatic carbocycles. The number of aromatic nitrogens is 1. The summed E-state index contributed by atoms with van der Waals surface area (Å²) in [6.45, 7) is 3.49. The molecule has 2 fully saturated rings. The van der Waals surface area contributed by atoms with Crippen molar-refractivity contribution in [3.63, 3.8) is 0 Å². The standard InChI is InChI=1S/C20H25N3O3/c24-19(6-5-16-8-13-25-15-16)23-12-7-17(14-23)26-18-4-3-9-21-20(18)22-10-1-2-11-22/h3-4,8-9,13,15,17H,1-2,5-7,10-12,14H2. The molecule has 6 nitrogen and oxygen atoms in total. The summed E-state index contributed by atoms with van der Waals surface area (Å²) >= 11 is 0. The predicted molar refractivity (Wildman–Crippen MR) is 98.3 cm³/mol. The van der Waals surface area contributed by atoms with Crippen LogP contribution >= 0.6 is 0 Å². The number of amides is 1. The summed E-state index contributed by atoms with van der Waals surface area (Å²) in [7, 11) is 0. The largest absolute Gasteiger partial charge is 0.485 e. The number of aryl methyl sites for hydroxylation is 1. The monoisotopic (exact) mass is 355 g/mol. The van der Waals surface area contributed by atoms with Gasteiger partial charge in [-0.15, -0.1) is 0 Å². The molecular weight excluding hydrogens is 330 g/mol. The van der Waals surface area contributed by atoms with Gasteiger partial charge in [0.05, 0.1) is 19.1 Å². The Morgan fingerprint density at radius 1 is 1.27 bits per heavy atom. The minimum absolute atomic E-state index is 0.0402. The van der Waals surface area contributed by atoms with E-state index in [1.54, 1.807) is 12.5 Å². The van der Waals surface area contributed by atoms with Crippen LogP contribution in [0.15, 0.2) is 41.3 Å². The van der Waals surface area contributed by atoms with Crippen LogP contribution in [-0.2, 0) is 11.2 Å². The summed E-state index contributed by atoms with van der Waals surface area (Å²) in [5, 5.41) is 0. The number of carbonyl (C=O) groups is 1. The van der Waals surface area contributed by atoms with Crippen molar-refractivity contribution in [2.75, 3.05) is 31.1 Å². The molecule has 0 bridgehead atoms. The van der Waals surface area contributed by atoms with Crippen molar-refractivity contribution >= 4 is 11.7 Å². The van der Waals surface area contributed by atoms with E-state index < -0.39 is 0 Å². The fourth-order valence-electron chi connectivity index (χ4n) is 3.72. The SMILES string of the molecule is O=C(CCc1ccoc1)N1CCC(Oc2cccnc2N2CCCC2)C1. The zero-order valence-electron chi connectivity index (χ0n) is 15.0. The normalized spacial score (nSPS) is 19.9. The highest BCUT2D eigenvalue weighted by molar-refractivity contribution is 5.76. The van der Waals surface area contributed by atoms with Crippen molar-refractivity contribution in [1.82, 2.24) is 9.88 Å². The van der Waals surface area contributed by atoms with Crippen molar-refractivity contribution in [1.29, 1.82) is 0 Å². The highest BCUT2D eigenvalue weighted by atomic mass is 16.5. The molecule has 0 N–H and O–H groups in total.